The minimum Gasteiger partial charge on any atom is -0.369 e. The van der Waals surface area contributed by atoms with Crippen molar-refractivity contribution in [3.63, 3.8) is 0 Å². The summed E-state index contributed by atoms with van der Waals surface area (Å²) in [7, 11) is 0. The number of amides is 1. The quantitative estimate of drug-likeness (QED) is 0.892. The Kier molecular flexibility index (Phi) is 4.93. The summed E-state index contributed by atoms with van der Waals surface area (Å²) in [5, 5.41) is 3.45. The highest BCUT2D eigenvalue weighted by Gasteiger charge is 2.24. The summed E-state index contributed by atoms with van der Waals surface area (Å²) in [5.74, 6) is -0.385. The number of rotatable bonds is 4. The largest absolute Gasteiger partial charge is 0.369 e. The number of halogens is 2. The highest BCUT2D eigenvalue weighted by Crippen LogP contribution is 2.24. The predicted octanol–water partition coefficient (Wildman–Crippen LogP) is 2.72. The van der Waals surface area contributed by atoms with E-state index in [9.17, 15) is 9.18 Å². The monoisotopic (exact) mass is 328 g/mol. The van der Waals surface area contributed by atoms with Crippen LogP contribution in [0.2, 0.25) is 0 Å². The third-order valence-corrected chi connectivity index (χ3v) is 4.32. The van der Waals surface area contributed by atoms with Crippen molar-refractivity contribution >= 4 is 21.8 Å². The highest BCUT2D eigenvalue weighted by molar-refractivity contribution is 9.10. The first-order valence-electron chi connectivity index (χ1n) is 6.53. The number of nitrogens with two attached hydrogens (primary N) is 1. The molecule has 1 fully saturated rings. The molecular formula is C14H18BrFN2O. The Hall–Kier alpha value is -0.940. The topological polar surface area (TPSA) is 55.1 Å². The molecule has 0 bridgehead atoms. The van der Waals surface area contributed by atoms with Gasteiger partial charge in [0, 0.05) is 18.5 Å². The van der Waals surface area contributed by atoms with Crippen molar-refractivity contribution in [2.24, 2.45) is 11.7 Å². The second kappa shape index (κ2) is 6.48. The summed E-state index contributed by atoms with van der Waals surface area (Å²) in [5.41, 5.74) is 6.35. The van der Waals surface area contributed by atoms with Gasteiger partial charge in [-0.1, -0.05) is 6.07 Å². The molecule has 0 unspecified atom stereocenters. The average molecular weight is 329 g/mol. The van der Waals surface area contributed by atoms with Crippen LogP contribution in [0, 0.1) is 11.7 Å². The Balaban J connectivity index is 1.80. The van der Waals surface area contributed by atoms with Crippen molar-refractivity contribution in [3.8, 4) is 0 Å². The van der Waals surface area contributed by atoms with Crippen LogP contribution in [0.3, 0.4) is 0 Å². The van der Waals surface area contributed by atoms with E-state index in [0.717, 1.165) is 31.2 Å². The van der Waals surface area contributed by atoms with Crippen molar-refractivity contribution in [2.75, 3.05) is 0 Å². The Bertz CT molecular complexity index is 459. The third kappa shape index (κ3) is 4.01. The fourth-order valence-electron chi connectivity index (χ4n) is 2.49. The van der Waals surface area contributed by atoms with Gasteiger partial charge in [0.1, 0.15) is 5.82 Å². The van der Waals surface area contributed by atoms with E-state index in [4.69, 9.17) is 5.73 Å². The maximum atomic E-state index is 13.1. The Morgan fingerprint density at radius 1 is 1.37 bits per heavy atom. The van der Waals surface area contributed by atoms with Gasteiger partial charge in [0.15, 0.2) is 0 Å². The first kappa shape index (κ1) is 14.5. The molecule has 0 radical (unpaired) electrons. The molecule has 0 aromatic heterocycles. The van der Waals surface area contributed by atoms with Crippen LogP contribution in [0.15, 0.2) is 22.7 Å². The minimum atomic E-state index is -0.245. The summed E-state index contributed by atoms with van der Waals surface area (Å²) in [6.07, 6.45) is 3.66. The van der Waals surface area contributed by atoms with Crippen LogP contribution in [0.4, 0.5) is 4.39 Å². The first-order valence-corrected chi connectivity index (χ1v) is 7.32. The van der Waals surface area contributed by atoms with Crippen LogP contribution < -0.4 is 11.1 Å². The first-order chi connectivity index (χ1) is 9.06. The standard InChI is InChI=1S/C14H18BrFN2O/c15-12-7-9(1-6-13(12)16)8-18-11-4-2-10(3-5-11)14(17)19/h1,6-7,10-11,18H,2-5,8H2,(H2,17,19). The predicted molar refractivity (Wildman–Crippen MR) is 75.9 cm³/mol. The van der Waals surface area contributed by atoms with Crippen molar-refractivity contribution < 1.29 is 9.18 Å². The molecule has 3 nitrogen and oxygen atoms in total. The van der Waals surface area contributed by atoms with Gasteiger partial charge < -0.3 is 11.1 Å². The molecule has 3 N–H and O–H groups in total. The molecule has 1 amide bonds. The van der Waals surface area contributed by atoms with Crippen molar-refractivity contribution in [2.45, 2.75) is 38.3 Å². The zero-order valence-electron chi connectivity index (χ0n) is 10.7. The molecule has 1 aliphatic carbocycles. The zero-order chi connectivity index (χ0) is 13.8. The molecule has 0 aliphatic heterocycles. The Morgan fingerprint density at radius 2 is 2.05 bits per heavy atom. The van der Waals surface area contributed by atoms with Crippen LogP contribution in [-0.2, 0) is 11.3 Å². The fourth-order valence-corrected chi connectivity index (χ4v) is 2.92. The summed E-state index contributed by atoms with van der Waals surface area (Å²) in [6, 6.07) is 5.45. The summed E-state index contributed by atoms with van der Waals surface area (Å²) in [6.45, 7) is 0.713. The van der Waals surface area contributed by atoms with Gasteiger partial charge in [-0.05, 0) is 59.3 Å². The molecule has 1 aliphatic rings. The molecule has 0 heterocycles. The van der Waals surface area contributed by atoms with Gasteiger partial charge >= 0.3 is 0 Å². The number of carbonyl (C=O) groups is 1. The van der Waals surface area contributed by atoms with E-state index in [2.05, 4.69) is 21.2 Å². The minimum absolute atomic E-state index is 0.0398. The van der Waals surface area contributed by atoms with Gasteiger partial charge in [-0.25, -0.2) is 4.39 Å². The van der Waals surface area contributed by atoms with E-state index in [1.54, 1.807) is 12.1 Å². The molecule has 104 valence electrons. The lowest BCUT2D eigenvalue weighted by atomic mass is 9.85. The number of primary amides is 1. The van der Waals surface area contributed by atoms with Crippen molar-refractivity contribution in [1.29, 1.82) is 0 Å². The lowest BCUT2D eigenvalue weighted by molar-refractivity contribution is -0.122. The van der Waals surface area contributed by atoms with Crippen LogP contribution in [0.25, 0.3) is 0 Å². The lowest BCUT2D eigenvalue weighted by Gasteiger charge is -2.27. The summed E-state index contributed by atoms with van der Waals surface area (Å²) in [4.78, 5) is 11.1. The number of hydrogen-bond acceptors (Lipinski definition) is 2. The average Bonchev–Trinajstić information content (AvgIpc) is 2.40. The van der Waals surface area contributed by atoms with E-state index in [1.165, 1.54) is 6.07 Å². The number of carbonyl (C=O) groups excluding carboxylic acids is 1. The number of benzene rings is 1. The normalized spacial score (nSPS) is 23.3. The van der Waals surface area contributed by atoms with Crippen molar-refractivity contribution in [3.05, 3.63) is 34.1 Å². The van der Waals surface area contributed by atoms with Crippen LogP contribution in [-0.4, -0.2) is 11.9 Å². The van der Waals surface area contributed by atoms with Gasteiger partial charge in [-0.2, -0.15) is 0 Å². The van der Waals surface area contributed by atoms with Crippen LogP contribution in [0.1, 0.15) is 31.2 Å². The van der Waals surface area contributed by atoms with Gasteiger partial charge in [0.25, 0.3) is 0 Å². The molecule has 5 heteroatoms. The molecule has 2 rings (SSSR count). The molecular weight excluding hydrogens is 311 g/mol. The second-order valence-corrected chi connectivity index (χ2v) is 5.93. The summed E-state index contributed by atoms with van der Waals surface area (Å²) < 4.78 is 13.6. The van der Waals surface area contributed by atoms with E-state index >= 15 is 0 Å². The third-order valence-electron chi connectivity index (χ3n) is 3.71. The molecule has 0 spiro atoms. The molecule has 1 aromatic carbocycles. The van der Waals surface area contributed by atoms with Gasteiger partial charge in [0.05, 0.1) is 4.47 Å². The van der Waals surface area contributed by atoms with E-state index in [-0.39, 0.29) is 17.6 Å². The maximum absolute atomic E-state index is 13.1. The molecule has 0 saturated heterocycles. The Morgan fingerprint density at radius 3 is 2.63 bits per heavy atom. The highest BCUT2D eigenvalue weighted by atomic mass is 79.9. The molecule has 1 aromatic rings. The Labute approximate surface area is 120 Å². The second-order valence-electron chi connectivity index (χ2n) is 5.08. The van der Waals surface area contributed by atoms with Gasteiger partial charge in [-0.3, -0.25) is 4.79 Å². The smallest absolute Gasteiger partial charge is 0.220 e. The van der Waals surface area contributed by atoms with Crippen LogP contribution in [0.5, 0.6) is 0 Å². The maximum Gasteiger partial charge on any atom is 0.220 e. The van der Waals surface area contributed by atoms with Crippen molar-refractivity contribution in [1.82, 2.24) is 5.32 Å². The SMILES string of the molecule is NC(=O)C1CCC(NCc2ccc(F)c(Br)c2)CC1. The zero-order valence-corrected chi connectivity index (χ0v) is 12.2. The van der Waals surface area contributed by atoms with E-state index < -0.39 is 0 Å². The van der Waals surface area contributed by atoms with E-state index in [0.29, 0.717) is 17.1 Å². The fraction of sp³-hybridized carbons (Fsp3) is 0.500. The summed E-state index contributed by atoms with van der Waals surface area (Å²) >= 11 is 3.18. The number of hydrogen-bond donors (Lipinski definition) is 2. The molecule has 19 heavy (non-hydrogen) atoms. The van der Waals surface area contributed by atoms with Crippen LogP contribution >= 0.6 is 15.9 Å². The molecule has 1 saturated carbocycles. The van der Waals surface area contributed by atoms with E-state index in [1.807, 2.05) is 0 Å². The van der Waals surface area contributed by atoms with Gasteiger partial charge in [0.2, 0.25) is 5.91 Å². The number of nitrogens with one attached hydrogen (secondary N) is 1. The van der Waals surface area contributed by atoms with Gasteiger partial charge in [-0.15, -0.1) is 0 Å². The lowest BCUT2D eigenvalue weighted by Crippen LogP contribution is -2.36. The molecule has 0 atom stereocenters.